The van der Waals surface area contributed by atoms with E-state index in [0.717, 1.165) is 0 Å². The Labute approximate surface area is 133 Å². The highest BCUT2D eigenvalue weighted by atomic mass is 35.5. The second-order valence-electron chi connectivity index (χ2n) is 6.49. The molecule has 3 rings (SSSR count). The van der Waals surface area contributed by atoms with Crippen molar-refractivity contribution in [2.75, 3.05) is 22.9 Å². The largest absolute Gasteiger partial charge is 0.443 e. The van der Waals surface area contributed by atoms with Gasteiger partial charge in [-0.3, -0.25) is 9.69 Å². The van der Waals surface area contributed by atoms with Crippen molar-refractivity contribution in [3.05, 3.63) is 11.2 Å². The van der Waals surface area contributed by atoms with Crippen molar-refractivity contribution in [1.29, 1.82) is 0 Å². The molecule has 22 heavy (non-hydrogen) atoms. The Bertz CT molecular complexity index is 643. The second-order valence-corrected chi connectivity index (χ2v) is 6.88. The summed E-state index contributed by atoms with van der Waals surface area (Å²) in [7, 11) is 0. The van der Waals surface area contributed by atoms with Gasteiger partial charge in [0.05, 0.1) is 24.8 Å². The van der Waals surface area contributed by atoms with Gasteiger partial charge < -0.3 is 9.64 Å². The summed E-state index contributed by atoms with van der Waals surface area (Å²) in [5, 5.41) is 8.06. The van der Waals surface area contributed by atoms with Crippen LogP contribution in [0.4, 0.5) is 16.3 Å². The maximum absolute atomic E-state index is 12.4. The third-order valence-electron chi connectivity index (χ3n) is 3.55. The summed E-state index contributed by atoms with van der Waals surface area (Å²) in [6, 6.07) is 1.55. The van der Waals surface area contributed by atoms with Crippen molar-refractivity contribution in [3.63, 3.8) is 0 Å². The molecule has 0 aliphatic carbocycles. The Balaban J connectivity index is 1.98. The highest BCUT2D eigenvalue weighted by Gasteiger charge is 2.42. The number of nitrogens with zero attached hydrogens (tertiary/aromatic N) is 4. The highest BCUT2D eigenvalue weighted by molar-refractivity contribution is 6.29. The van der Waals surface area contributed by atoms with E-state index in [1.165, 1.54) is 4.90 Å². The number of anilines is 2. The summed E-state index contributed by atoms with van der Waals surface area (Å²) in [6.07, 6.45) is -0.0945. The number of carbonyl (C=O) groups excluding carboxylic acids is 2. The van der Waals surface area contributed by atoms with Crippen LogP contribution >= 0.6 is 11.6 Å². The maximum atomic E-state index is 12.4. The van der Waals surface area contributed by atoms with Crippen molar-refractivity contribution < 1.29 is 14.3 Å². The molecule has 1 aromatic heterocycles. The van der Waals surface area contributed by atoms with Crippen molar-refractivity contribution >= 4 is 35.0 Å². The molecule has 2 aliphatic heterocycles. The van der Waals surface area contributed by atoms with Crippen LogP contribution in [0.15, 0.2) is 6.07 Å². The van der Waals surface area contributed by atoms with Gasteiger partial charge in [-0.1, -0.05) is 11.6 Å². The third kappa shape index (κ3) is 2.72. The Morgan fingerprint density at radius 1 is 1.41 bits per heavy atom. The smallest absolute Gasteiger partial charge is 0.416 e. The van der Waals surface area contributed by atoms with Crippen LogP contribution in [0.1, 0.15) is 27.2 Å². The zero-order chi connectivity index (χ0) is 16.1. The van der Waals surface area contributed by atoms with Crippen LogP contribution in [0.5, 0.6) is 0 Å². The summed E-state index contributed by atoms with van der Waals surface area (Å²) < 4.78 is 5.42. The lowest BCUT2D eigenvalue weighted by Gasteiger charge is -2.38. The summed E-state index contributed by atoms with van der Waals surface area (Å²) in [5.74, 6) is 0.513. The first kappa shape index (κ1) is 15.0. The average Bonchev–Trinajstić information content (AvgIpc) is 2.76. The molecule has 1 aromatic rings. The maximum Gasteiger partial charge on any atom is 0.416 e. The van der Waals surface area contributed by atoms with E-state index in [1.807, 2.05) is 4.90 Å². The number of fused-ring (bicyclic) bond motifs is 3. The quantitative estimate of drug-likeness (QED) is 0.727. The molecular weight excluding hydrogens is 308 g/mol. The predicted octanol–water partition coefficient (Wildman–Crippen LogP) is 2.03. The Morgan fingerprint density at radius 2 is 2.14 bits per heavy atom. The molecule has 0 saturated carbocycles. The molecule has 7 nitrogen and oxygen atoms in total. The van der Waals surface area contributed by atoms with Gasteiger partial charge in [-0.05, 0) is 20.8 Å². The lowest BCUT2D eigenvalue weighted by Crippen LogP contribution is -2.50. The number of hydrogen-bond acceptors (Lipinski definition) is 6. The Kier molecular flexibility index (Phi) is 3.47. The number of rotatable bonds is 0. The van der Waals surface area contributed by atoms with Crippen LogP contribution < -0.4 is 9.80 Å². The van der Waals surface area contributed by atoms with Gasteiger partial charge >= 0.3 is 6.09 Å². The van der Waals surface area contributed by atoms with Crippen LogP contribution in [0, 0.1) is 0 Å². The molecule has 0 radical (unpaired) electrons. The predicted molar refractivity (Wildman–Crippen MR) is 81.4 cm³/mol. The highest BCUT2D eigenvalue weighted by Crippen LogP contribution is 2.38. The first-order chi connectivity index (χ1) is 10.2. The van der Waals surface area contributed by atoms with Crippen LogP contribution in [0.2, 0.25) is 5.15 Å². The number of aromatic nitrogens is 2. The van der Waals surface area contributed by atoms with Gasteiger partial charge in [-0.2, -0.15) is 0 Å². The van der Waals surface area contributed by atoms with E-state index in [9.17, 15) is 9.59 Å². The molecule has 1 amide bonds. The summed E-state index contributed by atoms with van der Waals surface area (Å²) in [6.45, 7) is 6.06. The van der Waals surface area contributed by atoms with Gasteiger partial charge in [0.2, 0.25) is 0 Å². The number of halogens is 1. The van der Waals surface area contributed by atoms with Crippen molar-refractivity contribution in [2.45, 2.75) is 38.8 Å². The third-order valence-corrected chi connectivity index (χ3v) is 3.73. The summed E-state index contributed by atoms with van der Waals surface area (Å²) in [4.78, 5) is 27.6. The number of ketones is 1. The molecular formula is C14H17ClN4O3. The van der Waals surface area contributed by atoms with Crippen LogP contribution in [-0.4, -0.2) is 46.8 Å². The first-order valence-electron chi connectivity index (χ1n) is 7.07. The lowest BCUT2D eigenvalue weighted by atomic mass is 10.1. The molecule has 3 heterocycles. The zero-order valence-corrected chi connectivity index (χ0v) is 13.4. The van der Waals surface area contributed by atoms with Crippen LogP contribution in [0.3, 0.4) is 0 Å². The molecule has 0 bridgehead atoms. The molecule has 8 heteroatoms. The van der Waals surface area contributed by atoms with E-state index in [2.05, 4.69) is 10.2 Å². The minimum Gasteiger partial charge on any atom is -0.443 e. The van der Waals surface area contributed by atoms with Crippen LogP contribution in [-0.2, 0) is 9.53 Å². The lowest BCUT2D eigenvalue weighted by molar-refractivity contribution is -0.116. The average molecular weight is 325 g/mol. The molecule has 0 spiro atoms. The van der Waals surface area contributed by atoms with E-state index < -0.39 is 11.7 Å². The molecule has 0 aromatic carbocycles. The molecule has 2 aliphatic rings. The van der Waals surface area contributed by atoms with E-state index in [1.54, 1.807) is 26.8 Å². The van der Waals surface area contributed by atoms with Crippen molar-refractivity contribution in [2.24, 2.45) is 0 Å². The summed E-state index contributed by atoms with van der Waals surface area (Å²) >= 11 is 5.92. The normalized spacial score (nSPS) is 20.7. The molecule has 1 saturated heterocycles. The summed E-state index contributed by atoms with van der Waals surface area (Å²) in [5.41, 5.74) is 0.0349. The minimum atomic E-state index is -0.611. The number of carbonyl (C=O) groups is 2. The minimum absolute atomic E-state index is 0.0761. The topological polar surface area (TPSA) is 75.6 Å². The SMILES string of the molecule is CC(C)(C)OC(=O)N1C[C@H]2CC(=O)CN2c2cc(Cl)nnc21. The molecule has 118 valence electrons. The van der Waals surface area contributed by atoms with Gasteiger partial charge in [0.25, 0.3) is 0 Å². The van der Waals surface area contributed by atoms with E-state index in [0.29, 0.717) is 31.0 Å². The van der Waals surface area contributed by atoms with Crippen molar-refractivity contribution in [3.8, 4) is 0 Å². The Hall–Kier alpha value is -1.89. The van der Waals surface area contributed by atoms with Crippen LogP contribution in [0.25, 0.3) is 0 Å². The van der Waals surface area contributed by atoms with Gasteiger partial charge in [-0.25, -0.2) is 4.79 Å². The second kappa shape index (κ2) is 5.08. The number of ether oxygens (including phenoxy) is 1. The first-order valence-corrected chi connectivity index (χ1v) is 7.44. The fourth-order valence-corrected chi connectivity index (χ4v) is 2.87. The molecule has 1 fully saturated rings. The fraction of sp³-hybridized carbons (Fsp3) is 0.571. The van der Waals surface area contributed by atoms with Gasteiger partial charge in [0.1, 0.15) is 5.60 Å². The van der Waals surface area contributed by atoms with E-state index in [-0.39, 0.29) is 17.0 Å². The zero-order valence-electron chi connectivity index (χ0n) is 12.7. The van der Waals surface area contributed by atoms with Gasteiger partial charge in [-0.15, -0.1) is 10.2 Å². The van der Waals surface area contributed by atoms with Gasteiger partial charge in [0, 0.05) is 12.5 Å². The van der Waals surface area contributed by atoms with E-state index >= 15 is 0 Å². The number of Topliss-reactive ketones (excluding diaryl/α,β-unsaturated/α-hetero) is 1. The standard InChI is InChI=1S/C14H17ClN4O3/c1-14(2,3)22-13(21)19-6-8-4-9(20)7-18(8)10-5-11(15)16-17-12(10)19/h5,8H,4,6-7H2,1-3H3/t8-/m1/s1. The molecule has 0 unspecified atom stereocenters. The number of hydrogen-bond donors (Lipinski definition) is 0. The van der Waals surface area contributed by atoms with Crippen molar-refractivity contribution in [1.82, 2.24) is 10.2 Å². The fourth-order valence-electron chi connectivity index (χ4n) is 2.73. The molecule has 0 N–H and O–H groups in total. The number of amides is 1. The van der Waals surface area contributed by atoms with E-state index in [4.69, 9.17) is 16.3 Å². The monoisotopic (exact) mass is 324 g/mol. The Morgan fingerprint density at radius 3 is 2.82 bits per heavy atom. The van der Waals surface area contributed by atoms with Gasteiger partial charge in [0.15, 0.2) is 16.8 Å². The molecule has 1 atom stereocenters.